The Balaban J connectivity index is 2.00. The highest BCUT2D eigenvalue weighted by atomic mass is 16.5. The van der Waals surface area contributed by atoms with Crippen molar-refractivity contribution in [2.75, 3.05) is 26.1 Å². The normalized spacial score (nSPS) is 33.4. The lowest BCUT2D eigenvalue weighted by molar-refractivity contribution is -0.136. The minimum atomic E-state index is -1.22. The molecule has 1 saturated heterocycles. The number of anilines is 1. The lowest BCUT2D eigenvalue weighted by Crippen LogP contribution is -2.70. The number of para-hydroxylation sites is 1. The number of carbonyl (C=O) groups excluding carboxylic acids is 2. The zero-order chi connectivity index (χ0) is 17.1. The summed E-state index contributed by atoms with van der Waals surface area (Å²) in [6, 6.07) is 5.51. The summed E-state index contributed by atoms with van der Waals surface area (Å²) in [7, 11) is 2.86. The smallest absolute Gasteiger partial charge is 0.411 e. The van der Waals surface area contributed by atoms with E-state index in [4.69, 9.17) is 9.47 Å². The van der Waals surface area contributed by atoms with Gasteiger partial charge in [-0.3, -0.25) is 9.69 Å². The lowest BCUT2D eigenvalue weighted by Gasteiger charge is -2.49. The molecule has 3 aliphatic rings. The fraction of sp³-hybridized carbons (Fsp3) is 0.529. The molecule has 2 fully saturated rings. The SMILES string of the molecule is COC(=O)N1CC[C@@]23C(=O)CC[C@H](O)[C@@]12Nc1c(OC)cccc13. The van der Waals surface area contributed by atoms with Gasteiger partial charge in [0.05, 0.1) is 26.0 Å². The van der Waals surface area contributed by atoms with Gasteiger partial charge >= 0.3 is 6.09 Å². The van der Waals surface area contributed by atoms with Crippen LogP contribution in [0.5, 0.6) is 5.75 Å². The maximum atomic E-state index is 13.1. The second-order valence-electron chi connectivity index (χ2n) is 6.53. The summed E-state index contributed by atoms with van der Waals surface area (Å²) in [6.07, 6.45) is -0.391. The van der Waals surface area contributed by atoms with Crippen LogP contribution >= 0.6 is 0 Å². The first-order chi connectivity index (χ1) is 11.5. The van der Waals surface area contributed by atoms with Crippen LogP contribution in [-0.2, 0) is 14.9 Å². The van der Waals surface area contributed by atoms with E-state index >= 15 is 0 Å². The van der Waals surface area contributed by atoms with Crippen LogP contribution in [0.15, 0.2) is 18.2 Å². The lowest BCUT2D eigenvalue weighted by atomic mass is 9.62. The van der Waals surface area contributed by atoms with Gasteiger partial charge in [-0.2, -0.15) is 0 Å². The van der Waals surface area contributed by atoms with Crippen LogP contribution in [0, 0.1) is 0 Å². The number of ether oxygens (including phenoxy) is 2. The number of nitrogens with one attached hydrogen (secondary N) is 1. The van der Waals surface area contributed by atoms with Crippen LogP contribution in [-0.4, -0.2) is 54.4 Å². The van der Waals surface area contributed by atoms with Gasteiger partial charge in [-0.1, -0.05) is 12.1 Å². The number of methoxy groups -OCH3 is 2. The van der Waals surface area contributed by atoms with Gasteiger partial charge in [0.1, 0.15) is 16.9 Å². The molecule has 1 aromatic carbocycles. The van der Waals surface area contributed by atoms with Gasteiger partial charge in [-0.15, -0.1) is 0 Å². The van der Waals surface area contributed by atoms with Crippen molar-refractivity contribution in [3.05, 3.63) is 23.8 Å². The van der Waals surface area contributed by atoms with E-state index in [0.717, 1.165) is 5.56 Å². The molecule has 0 unspecified atom stereocenters. The van der Waals surface area contributed by atoms with Crippen LogP contribution in [0.4, 0.5) is 10.5 Å². The first kappa shape index (κ1) is 15.3. The molecule has 2 N–H and O–H groups in total. The molecule has 0 spiro atoms. The van der Waals surface area contributed by atoms with E-state index in [-0.39, 0.29) is 12.2 Å². The molecule has 24 heavy (non-hydrogen) atoms. The average Bonchev–Trinajstić information content (AvgIpc) is 3.10. The van der Waals surface area contributed by atoms with E-state index < -0.39 is 23.3 Å². The quantitative estimate of drug-likeness (QED) is 0.805. The van der Waals surface area contributed by atoms with E-state index in [1.807, 2.05) is 12.1 Å². The van der Waals surface area contributed by atoms with Crippen molar-refractivity contribution in [3.63, 3.8) is 0 Å². The molecular formula is C17H20N2O5. The summed E-state index contributed by atoms with van der Waals surface area (Å²) in [5, 5.41) is 14.2. The number of rotatable bonds is 1. The Hall–Kier alpha value is -2.28. The first-order valence-corrected chi connectivity index (χ1v) is 8.05. The van der Waals surface area contributed by atoms with E-state index in [9.17, 15) is 14.7 Å². The van der Waals surface area contributed by atoms with Gasteiger partial charge < -0.3 is 19.9 Å². The molecule has 2 aliphatic heterocycles. The molecule has 128 valence electrons. The molecule has 3 atom stereocenters. The van der Waals surface area contributed by atoms with Crippen molar-refractivity contribution in [2.45, 2.75) is 36.4 Å². The Morgan fingerprint density at radius 3 is 2.92 bits per heavy atom. The number of ketones is 1. The number of nitrogens with zero attached hydrogens (tertiary/aromatic N) is 1. The number of benzene rings is 1. The van der Waals surface area contributed by atoms with E-state index in [1.165, 1.54) is 12.0 Å². The Morgan fingerprint density at radius 1 is 1.42 bits per heavy atom. The van der Waals surface area contributed by atoms with Gasteiger partial charge in [0, 0.05) is 13.0 Å². The Morgan fingerprint density at radius 2 is 2.21 bits per heavy atom. The highest BCUT2D eigenvalue weighted by Gasteiger charge is 2.74. The number of amides is 1. The molecule has 0 bridgehead atoms. The minimum Gasteiger partial charge on any atom is -0.495 e. The second kappa shape index (κ2) is 4.86. The summed E-state index contributed by atoms with van der Waals surface area (Å²) in [5.74, 6) is 0.631. The topological polar surface area (TPSA) is 88.1 Å². The van der Waals surface area contributed by atoms with Crippen LogP contribution in [0.1, 0.15) is 24.8 Å². The van der Waals surface area contributed by atoms with Gasteiger partial charge in [-0.25, -0.2) is 4.79 Å². The van der Waals surface area contributed by atoms with Crippen LogP contribution < -0.4 is 10.1 Å². The van der Waals surface area contributed by atoms with E-state index in [1.54, 1.807) is 13.2 Å². The van der Waals surface area contributed by atoms with Crippen LogP contribution in [0.25, 0.3) is 0 Å². The van der Waals surface area contributed by atoms with Gasteiger partial charge in [0.25, 0.3) is 0 Å². The predicted octanol–water partition coefficient (Wildman–Crippen LogP) is 1.25. The third kappa shape index (κ3) is 1.46. The van der Waals surface area contributed by atoms with E-state index in [2.05, 4.69) is 5.32 Å². The Bertz CT molecular complexity index is 736. The zero-order valence-electron chi connectivity index (χ0n) is 13.7. The Kier molecular flexibility index (Phi) is 3.09. The molecule has 0 aromatic heterocycles. The van der Waals surface area contributed by atoms with Gasteiger partial charge in [0.15, 0.2) is 5.66 Å². The molecule has 1 aliphatic carbocycles. The molecule has 1 aromatic rings. The number of aliphatic hydroxyl groups excluding tert-OH is 1. The highest BCUT2D eigenvalue weighted by Crippen LogP contribution is 2.61. The maximum Gasteiger partial charge on any atom is 0.411 e. The molecule has 2 heterocycles. The summed E-state index contributed by atoms with van der Waals surface area (Å²) in [5.41, 5.74) is -0.727. The number of hydrogen-bond acceptors (Lipinski definition) is 6. The third-order valence-electron chi connectivity index (χ3n) is 5.81. The molecule has 7 nitrogen and oxygen atoms in total. The average molecular weight is 332 g/mol. The number of likely N-dealkylation sites (tertiary alicyclic amines) is 1. The number of carbonyl (C=O) groups is 2. The van der Waals surface area contributed by atoms with Crippen molar-refractivity contribution >= 4 is 17.6 Å². The summed E-state index contributed by atoms with van der Waals surface area (Å²) < 4.78 is 10.3. The van der Waals surface area contributed by atoms with Crippen molar-refractivity contribution in [1.29, 1.82) is 0 Å². The molecule has 4 rings (SSSR count). The van der Waals surface area contributed by atoms with Crippen LogP contribution in [0.2, 0.25) is 0 Å². The first-order valence-electron chi connectivity index (χ1n) is 8.05. The molecule has 1 amide bonds. The van der Waals surface area contributed by atoms with Gasteiger partial charge in [-0.05, 0) is 24.5 Å². The van der Waals surface area contributed by atoms with E-state index in [0.29, 0.717) is 30.8 Å². The minimum absolute atomic E-state index is 0.0405. The number of Topliss-reactive ketones (excluding diaryl/α,β-unsaturated/α-hetero) is 1. The fourth-order valence-corrected chi connectivity index (χ4v) is 4.85. The van der Waals surface area contributed by atoms with Crippen molar-refractivity contribution in [2.24, 2.45) is 0 Å². The molecule has 7 heteroatoms. The molecule has 1 saturated carbocycles. The summed E-state index contributed by atoms with van der Waals surface area (Å²) in [6.45, 7) is 0.346. The maximum absolute atomic E-state index is 13.1. The van der Waals surface area contributed by atoms with Crippen molar-refractivity contribution < 1.29 is 24.2 Å². The summed E-state index contributed by atoms with van der Waals surface area (Å²) >= 11 is 0. The highest BCUT2D eigenvalue weighted by molar-refractivity contribution is 6.00. The molecular weight excluding hydrogens is 312 g/mol. The van der Waals surface area contributed by atoms with Crippen molar-refractivity contribution in [3.8, 4) is 5.75 Å². The summed E-state index contributed by atoms with van der Waals surface area (Å²) in [4.78, 5) is 26.9. The third-order valence-corrected chi connectivity index (χ3v) is 5.81. The zero-order valence-corrected chi connectivity index (χ0v) is 13.7. The largest absolute Gasteiger partial charge is 0.495 e. The Labute approximate surface area is 139 Å². The number of aliphatic hydroxyl groups is 1. The second-order valence-corrected chi connectivity index (χ2v) is 6.53. The predicted molar refractivity (Wildman–Crippen MR) is 85.0 cm³/mol. The fourth-order valence-electron chi connectivity index (χ4n) is 4.85. The van der Waals surface area contributed by atoms with Gasteiger partial charge in [0.2, 0.25) is 0 Å². The molecule has 0 radical (unpaired) electrons. The number of hydrogen-bond donors (Lipinski definition) is 2. The van der Waals surface area contributed by atoms with Crippen molar-refractivity contribution in [1.82, 2.24) is 4.90 Å². The van der Waals surface area contributed by atoms with Crippen LogP contribution in [0.3, 0.4) is 0 Å². The number of fused-ring (bicyclic) bond motifs is 1. The monoisotopic (exact) mass is 332 g/mol. The standard InChI is InChI=1S/C17H20N2O5/c1-23-11-5-3-4-10-14(11)18-17-13(21)7-6-12(20)16(10,17)8-9-19(17)15(22)24-2/h3-5,13,18,21H,6-9H2,1-2H3/t13-,16+,17+/m0/s1.